The van der Waals surface area contributed by atoms with Crippen LogP contribution in [0.3, 0.4) is 0 Å². The molecule has 11 rings (SSSR count). The maximum absolute atomic E-state index is 5.20. The molecule has 5 heterocycles. The van der Waals surface area contributed by atoms with Gasteiger partial charge in [-0.1, -0.05) is 140 Å². The molecule has 270 valence electrons. The molecule has 0 fully saturated rings. The first kappa shape index (κ1) is 33.4. The summed E-state index contributed by atoms with van der Waals surface area (Å²) in [5.41, 5.74) is 14.0. The normalized spacial score (nSPS) is 11.4. The van der Waals surface area contributed by atoms with Gasteiger partial charge in [0.15, 0.2) is 5.82 Å². The second-order valence-corrected chi connectivity index (χ2v) is 14.4. The number of fused-ring (bicyclic) bond motifs is 5. The third-order valence-corrected chi connectivity index (χ3v) is 10.7. The van der Waals surface area contributed by atoms with Gasteiger partial charge in [-0.25, -0.2) is 24.9 Å². The zero-order valence-electron chi connectivity index (χ0n) is 31.2. The average Bonchev–Trinajstić information content (AvgIpc) is 3.31. The van der Waals surface area contributed by atoms with Crippen molar-refractivity contribution in [2.24, 2.45) is 0 Å². The molecular weight excluding hydrogens is 709 g/mol. The Bertz CT molecular complexity index is 3290. The van der Waals surface area contributed by atoms with E-state index in [1.165, 1.54) is 0 Å². The summed E-state index contributed by atoms with van der Waals surface area (Å²) < 4.78 is 0. The monoisotopic (exact) mass is 740 g/mol. The summed E-state index contributed by atoms with van der Waals surface area (Å²) in [6.45, 7) is 0. The fourth-order valence-electron chi connectivity index (χ4n) is 7.67. The molecule has 6 nitrogen and oxygen atoms in total. The van der Waals surface area contributed by atoms with Crippen LogP contribution in [0.1, 0.15) is 0 Å². The van der Waals surface area contributed by atoms with E-state index in [4.69, 9.17) is 24.9 Å². The van der Waals surface area contributed by atoms with Crippen molar-refractivity contribution in [3.63, 3.8) is 0 Å². The lowest BCUT2D eigenvalue weighted by molar-refractivity contribution is 1.18. The molecule has 11 aromatic rings. The number of hydrogen-bond acceptors (Lipinski definition) is 6. The molecule has 6 heteroatoms. The third-order valence-electron chi connectivity index (χ3n) is 10.7. The van der Waals surface area contributed by atoms with Crippen LogP contribution in [-0.2, 0) is 0 Å². The van der Waals surface area contributed by atoms with Gasteiger partial charge in [0.2, 0.25) is 0 Å². The van der Waals surface area contributed by atoms with Crippen LogP contribution in [0.2, 0.25) is 0 Å². The van der Waals surface area contributed by atoms with Gasteiger partial charge in [0, 0.05) is 50.0 Å². The first-order chi connectivity index (χ1) is 28.7. The maximum atomic E-state index is 5.20. The minimum absolute atomic E-state index is 0.690. The van der Waals surface area contributed by atoms with E-state index >= 15 is 0 Å². The van der Waals surface area contributed by atoms with Gasteiger partial charge in [0.05, 0.1) is 50.5 Å². The summed E-state index contributed by atoms with van der Waals surface area (Å²) in [7, 11) is 0. The lowest BCUT2D eigenvalue weighted by atomic mass is 10.0. The van der Waals surface area contributed by atoms with Crippen molar-refractivity contribution in [3.05, 3.63) is 194 Å². The Balaban J connectivity index is 0.938. The number of rotatable bonds is 6. The van der Waals surface area contributed by atoms with Crippen LogP contribution in [0.25, 0.3) is 111 Å². The van der Waals surface area contributed by atoms with Crippen molar-refractivity contribution >= 4 is 43.6 Å². The summed E-state index contributed by atoms with van der Waals surface area (Å²) in [6.07, 6.45) is 1.82. The lowest BCUT2D eigenvalue weighted by Crippen LogP contribution is -1.96. The van der Waals surface area contributed by atoms with Crippen molar-refractivity contribution in [2.75, 3.05) is 0 Å². The van der Waals surface area contributed by atoms with Gasteiger partial charge in [-0.15, -0.1) is 0 Å². The second kappa shape index (κ2) is 14.0. The molecule has 0 unspecified atom stereocenters. The lowest BCUT2D eigenvalue weighted by Gasteiger charge is -2.11. The SMILES string of the molecule is c1ccc(-c2cc(-c3cccc(-c4ccc5ccc(-c6ccc7ccc(-c8ccc9ccc%10cccnc%10c9n8)nc7c6)cc5n4)c3)nc(-c3ccccc3)n2)cc1. The highest BCUT2D eigenvalue weighted by molar-refractivity contribution is 6.03. The zero-order valence-corrected chi connectivity index (χ0v) is 31.2. The Morgan fingerprint density at radius 2 is 0.776 bits per heavy atom. The van der Waals surface area contributed by atoms with E-state index in [0.717, 1.165) is 105 Å². The molecule has 58 heavy (non-hydrogen) atoms. The quantitative estimate of drug-likeness (QED) is 0.158. The minimum Gasteiger partial charge on any atom is -0.254 e. The molecule has 0 aliphatic carbocycles. The van der Waals surface area contributed by atoms with Crippen molar-refractivity contribution in [1.82, 2.24) is 29.9 Å². The molecule has 0 N–H and O–H groups in total. The molecule has 0 radical (unpaired) electrons. The fraction of sp³-hybridized carbons (Fsp3) is 0. The Kier molecular flexibility index (Phi) is 8.04. The largest absolute Gasteiger partial charge is 0.254 e. The van der Waals surface area contributed by atoms with E-state index in [-0.39, 0.29) is 0 Å². The standard InChI is InChI=1S/C52H32N6/c1-3-9-33(10-4-1)48-32-49(58-52(57-48)38-11-5-2-6-12-38)42-14-7-13-41(29-42)43-25-22-34-16-20-39(30-46(34)54-43)40-21-17-35-23-26-44(55-47(35)31-40)45-27-24-37-19-18-36-15-8-28-53-50(36)51(37)56-45/h1-32H. The molecule has 5 aromatic heterocycles. The van der Waals surface area contributed by atoms with Crippen LogP contribution in [-0.4, -0.2) is 29.9 Å². The van der Waals surface area contributed by atoms with Crippen LogP contribution < -0.4 is 0 Å². The highest BCUT2D eigenvalue weighted by Crippen LogP contribution is 2.33. The van der Waals surface area contributed by atoms with Crippen molar-refractivity contribution in [3.8, 4) is 67.7 Å². The van der Waals surface area contributed by atoms with E-state index in [1.807, 2.05) is 72.9 Å². The highest BCUT2D eigenvalue weighted by atomic mass is 14.9. The molecule has 0 spiro atoms. The summed E-state index contributed by atoms with van der Waals surface area (Å²) in [5.74, 6) is 0.690. The minimum atomic E-state index is 0.690. The fourth-order valence-corrected chi connectivity index (χ4v) is 7.67. The zero-order chi connectivity index (χ0) is 38.4. The van der Waals surface area contributed by atoms with Gasteiger partial charge in [0.25, 0.3) is 0 Å². The number of aromatic nitrogens is 6. The number of nitrogens with zero attached hydrogens (tertiary/aromatic N) is 6. The third kappa shape index (κ3) is 6.19. The summed E-state index contributed by atoms with van der Waals surface area (Å²) in [4.78, 5) is 30.0. The predicted octanol–water partition coefficient (Wildman–Crippen LogP) is 12.7. The van der Waals surface area contributed by atoms with E-state index in [2.05, 4.69) is 126 Å². The molecule has 0 aliphatic heterocycles. The topological polar surface area (TPSA) is 77.3 Å². The van der Waals surface area contributed by atoms with E-state index in [1.54, 1.807) is 0 Å². The van der Waals surface area contributed by atoms with Crippen molar-refractivity contribution in [1.29, 1.82) is 0 Å². The molecule has 0 saturated carbocycles. The highest BCUT2D eigenvalue weighted by Gasteiger charge is 2.13. The van der Waals surface area contributed by atoms with Gasteiger partial charge in [-0.05, 0) is 59.7 Å². The van der Waals surface area contributed by atoms with Gasteiger partial charge in [-0.3, -0.25) is 4.98 Å². The molecule has 6 aromatic carbocycles. The molecule has 0 bridgehead atoms. The molecular formula is C52H32N6. The van der Waals surface area contributed by atoms with Crippen molar-refractivity contribution in [2.45, 2.75) is 0 Å². The first-order valence-corrected chi connectivity index (χ1v) is 19.3. The molecule has 0 amide bonds. The number of benzene rings is 6. The van der Waals surface area contributed by atoms with Crippen LogP contribution in [0, 0.1) is 0 Å². The Labute approximate surface area is 334 Å². The van der Waals surface area contributed by atoms with E-state index in [0.29, 0.717) is 5.82 Å². The smallest absolute Gasteiger partial charge is 0.160 e. The predicted molar refractivity (Wildman–Crippen MR) is 236 cm³/mol. The van der Waals surface area contributed by atoms with Gasteiger partial charge in [0.1, 0.15) is 0 Å². The Morgan fingerprint density at radius 3 is 1.48 bits per heavy atom. The van der Waals surface area contributed by atoms with E-state index in [9.17, 15) is 0 Å². The number of pyridine rings is 4. The molecule has 0 saturated heterocycles. The second-order valence-electron chi connectivity index (χ2n) is 14.4. The van der Waals surface area contributed by atoms with Gasteiger partial charge >= 0.3 is 0 Å². The van der Waals surface area contributed by atoms with E-state index < -0.39 is 0 Å². The first-order valence-electron chi connectivity index (χ1n) is 19.3. The molecule has 0 aliphatic rings. The maximum Gasteiger partial charge on any atom is 0.160 e. The summed E-state index contributed by atoms with van der Waals surface area (Å²) in [5, 5.41) is 4.26. The van der Waals surface area contributed by atoms with Gasteiger partial charge < -0.3 is 0 Å². The number of hydrogen-bond donors (Lipinski definition) is 0. The summed E-state index contributed by atoms with van der Waals surface area (Å²) >= 11 is 0. The molecule has 0 atom stereocenters. The van der Waals surface area contributed by atoms with Crippen LogP contribution in [0.5, 0.6) is 0 Å². The van der Waals surface area contributed by atoms with Crippen LogP contribution in [0.4, 0.5) is 0 Å². The van der Waals surface area contributed by atoms with Crippen LogP contribution in [0.15, 0.2) is 194 Å². The Hall–Kier alpha value is -7.96. The average molecular weight is 741 g/mol. The van der Waals surface area contributed by atoms with Crippen molar-refractivity contribution < 1.29 is 0 Å². The summed E-state index contributed by atoms with van der Waals surface area (Å²) in [6, 6.07) is 64.5. The van der Waals surface area contributed by atoms with Gasteiger partial charge in [-0.2, -0.15) is 0 Å². The van der Waals surface area contributed by atoms with Crippen LogP contribution >= 0.6 is 0 Å². The Morgan fingerprint density at radius 1 is 0.259 bits per heavy atom.